The van der Waals surface area contributed by atoms with Crippen LogP contribution in [0.3, 0.4) is 0 Å². The summed E-state index contributed by atoms with van der Waals surface area (Å²) in [7, 11) is -1.09. The first kappa shape index (κ1) is 16.7. The van der Waals surface area contributed by atoms with E-state index in [1.54, 1.807) is 0 Å². The van der Waals surface area contributed by atoms with Crippen LogP contribution in [0.5, 0.6) is 0 Å². The SMILES string of the molecule is CCCCCCCCCC(N)(C[PH2]=O)C(=O)O. The first-order chi connectivity index (χ1) is 8.06. The van der Waals surface area contributed by atoms with Crippen LogP contribution < -0.4 is 5.73 Å². The molecule has 2 atom stereocenters. The molecule has 0 saturated carbocycles. The number of unbranched alkanes of at least 4 members (excludes halogenated alkanes) is 6. The Morgan fingerprint density at radius 1 is 1.18 bits per heavy atom. The molecule has 102 valence electrons. The van der Waals surface area contributed by atoms with E-state index in [1.807, 2.05) is 0 Å². The predicted octanol–water partition coefficient (Wildman–Crippen LogP) is 2.67. The van der Waals surface area contributed by atoms with Gasteiger partial charge in [0.2, 0.25) is 0 Å². The van der Waals surface area contributed by atoms with Crippen molar-refractivity contribution in [3.05, 3.63) is 0 Å². The zero-order chi connectivity index (χ0) is 13.1. The molecular weight excluding hydrogens is 237 g/mol. The molecule has 0 rings (SSSR count). The molecule has 0 aromatic carbocycles. The third-order valence-electron chi connectivity index (χ3n) is 3.10. The monoisotopic (exact) mass is 263 g/mol. The van der Waals surface area contributed by atoms with Gasteiger partial charge >= 0.3 is 5.97 Å². The molecule has 17 heavy (non-hydrogen) atoms. The van der Waals surface area contributed by atoms with E-state index < -0.39 is 20.0 Å². The molecule has 0 radical (unpaired) electrons. The second-order valence-electron chi connectivity index (χ2n) is 4.70. The minimum atomic E-state index is -1.26. The molecular formula is C12H26NO3P. The fourth-order valence-electron chi connectivity index (χ4n) is 1.84. The Bertz CT molecular complexity index is 236. The van der Waals surface area contributed by atoms with Crippen LogP contribution in [-0.4, -0.2) is 22.8 Å². The lowest BCUT2D eigenvalue weighted by molar-refractivity contribution is -0.142. The third kappa shape index (κ3) is 7.56. The number of carboxylic acid groups (broad SMARTS) is 1. The topological polar surface area (TPSA) is 80.4 Å². The maximum absolute atomic E-state index is 11.0. The first-order valence-corrected chi connectivity index (χ1v) is 7.81. The third-order valence-corrected chi connectivity index (χ3v) is 4.00. The smallest absolute Gasteiger partial charge is 0.324 e. The molecule has 0 fully saturated rings. The van der Waals surface area contributed by atoms with Crippen molar-refractivity contribution in [3.63, 3.8) is 0 Å². The first-order valence-electron chi connectivity index (χ1n) is 6.52. The van der Waals surface area contributed by atoms with Gasteiger partial charge in [0.05, 0.1) is 8.46 Å². The second kappa shape index (κ2) is 9.67. The van der Waals surface area contributed by atoms with Gasteiger partial charge in [-0.05, 0) is 6.42 Å². The summed E-state index contributed by atoms with van der Waals surface area (Å²) in [5, 5.41) is 8.99. The van der Waals surface area contributed by atoms with E-state index in [9.17, 15) is 9.36 Å². The van der Waals surface area contributed by atoms with Crippen molar-refractivity contribution in [2.24, 2.45) is 5.73 Å². The maximum Gasteiger partial charge on any atom is 0.324 e. The van der Waals surface area contributed by atoms with E-state index in [-0.39, 0.29) is 6.16 Å². The molecule has 4 nitrogen and oxygen atoms in total. The minimum Gasteiger partial charge on any atom is -0.480 e. The molecule has 2 unspecified atom stereocenters. The standard InChI is InChI=1S/C12H26NO3P/c1-2-3-4-5-6-7-8-9-12(13,10-17-16)11(14)15/h2-10,13,17H2,1H3,(H,14,15). The molecule has 0 heterocycles. The fraction of sp³-hybridized carbons (Fsp3) is 0.917. The van der Waals surface area contributed by atoms with Crippen LogP contribution >= 0.6 is 8.46 Å². The minimum absolute atomic E-state index is 0.109. The normalized spacial score (nSPS) is 15.2. The largest absolute Gasteiger partial charge is 0.480 e. The lowest BCUT2D eigenvalue weighted by atomic mass is 9.95. The summed E-state index contributed by atoms with van der Waals surface area (Å²) >= 11 is 0. The number of carbonyl (C=O) groups is 1. The van der Waals surface area contributed by atoms with Crippen LogP contribution in [-0.2, 0) is 9.36 Å². The molecule has 5 heteroatoms. The van der Waals surface area contributed by atoms with Crippen molar-refractivity contribution in [3.8, 4) is 0 Å². The Kier molecular flexibility index (Phi) is 9.47. The zero-order valence-electron chi connectivity index (χ0n) is 10.8. The van der Waals surface area contributed by atoms with E-state index in [0.717, 1.165) is 19.3 Å². The number of carboxylic acids is 1. The summed E-state index contributed by atoms with van der Waals surface area (Å²) in [4.78, 5) is 11.0. The second-order valence-corrected chi connectivity index (χ2v) is 5.44. The number of nitrogens with two attached hydrogens (primary N) is 1. The number of hydrogen-bond donors (Lipinski definition) is 2. The predicted molar refractivity (Wildman–Crippen MR) is 72.4 cm³/mol. The van der Waals surface area contributed by atoms with Gasteiger partial charge in [-0.15, -0.1) is 0 Å². The van der Waals surface area contributed by atoms with E-state index in [2.05, 4.69) is 6.92 Å². The van der Waals surface area contributed by atoms with Gasteiger partial charge in [0.15, 0.2) is 0 Å². The molecule has 0 aliphatic carbocycles. The average molecular weight is 263 g/mol. The molecule has 0 saturated heterocycles. The van der Waals surface area contributed by atoms with E-state index >= 15 is 0 Å². The number of rotatable bonds is 11. The zero-order valence-corrected chi connectivity index (χ0v) is 11.9. The Hall–Kier alpha value is -0.340. The lowest BCUT2D eigenvalue weighted by Crippen LogP contribution is -2.49. The molecule has 0 aliphatic heterocycles. The fourth-order valence-corrected chi connectivity index (χ4v) is 2.52. The summed E-state index contributed by atoms with van der Waals surface area (Å²) in [6.07, 6.45) is 8.49. The van der Waals surface area contributed by atoms with Crippen LogP contribution in [0.1, 0.15) is 58.3 Å². The van der Waals surface area contributed by atoms with Crippen LogP contribution in [0.2, 0.25) is 0 Å². The Morgan fingerprint density at radius 3 is 2.18 bits per heavy atom. The van der Waals surface area contributed by atoms with Gasteiger partial charge in [0.1, 0.15) is 5.54 Å². The summed E-state index contributed by atoms with van der Waals surface area (Å²) in [5.74, 6) is -1.02. The molecule has 0 aromatic heterocycles. The van der Waals surface area contributed by atoms with Gasteiger partial charge in [-0.25, -0.2) is 0 Å². The van der Waals surface area contributed by atoms with Gasteiger partial charge in [0, 0.05) is 6.16 Å². The quantitative estimate of drug-likeness (QED) is 0.443. The highest BCUT2D eigenvalue weighted by molar-refractivity contribution is 7.23. The van der Waals surface area contributed by atoms with Crippen LogP contribution in [0.15, 0.2) is 0 Å². The summed E-state index contributed by atoms with van der Waals surface area (Å²) in [6.45, 7) is 2.18. The Labute approximate surface area is 105 Å². The Morgan fingerprint density at radius 2 is 1.71 bits per heavy atom. The van der Waals surface area contributed by atoms with Crippen molar-refractivity contribution in [2.45, 2.75) is 63.8 Å². The molecule has 0 aromatic rings. The van der Waals surface area contributed by atoms with Gasteiger partial charge in [-0.1, -0.05) is 51.9 Å². The molecule has 0 amide bonds. The van der Waals surface area contributed by atoms with Gasteiger partial charge in [-0.2, -0.15) is 0 Å². The van der Waals surface area contributed by atoms with Crippen LogP contribution in [0, 0.1) is 0 Å². The van der Waals surface area contributed by atoms with Crippen molar-refractivity contribution < 1.29 is 14.5 Å². The summed E-state index contributed by atoms with van der Waals surface area (Å²) < 4.78 is 10.6. The van der Waals surface area contributed by atoms with Gasteiger partial charge < -0.3 is 15.4 Å². The highest BCUT2D eigenvalue weighted by Crippen LogP contribution is 2.18. The van der Waals surface area contributed by atoms with Crippen molar-refractivity contribution in [1.29, 1.82) is 0 Å². The lowest BCUT2D eigenvalue weighted by Gasteiger charge is -2.22. The highest BCUT2D eigenvalue weighted by atomic mass is 31.1. The average Bonchev–Trinajstić information content (AvgIpc) is 2.28. The molecule has 0 spiro atoms. The maximum atomic E-state index is 11.0. The van der Waals surface area contributed by atoms with E-state index in [0.29, 0.717) is 6.42 Å². The van der Waals surface area contributed by atoms with Crippen molar-refractivity contribution in [2.75, 3.05) is 6.16 Å². The molecule has 3 N–H and O–H groups in total. The number of aliphatic carboxylic acids is 1. The van der Waals surface area contributed by atoms with E-state index in [4.69, 9.17) is 10.8 Å². The number of hydrogen-bond acceptors (Lipinski definition) is 3. The molecule has 0 bridgehead atoms. The molecule has 0 aliphatic rings. The highest BCUT2D eigenvalue weighted by Gasteiger charge is 2.32. The summed E-state index contributed by atoms with van der Waals surface area (Å²) in [6, 6.07) is 0. The van der Waals surface area contributed by atoms with Gasteiger partial charge in [0.25, 0.3) is 0 Å². The summed E-state index contributed by atoms with van der Waals surface area (Å²) in [5.41, 5.74) is 4.47. The van der Waals surface area contributed by atoms with Gasteiger partial charge in [-0.3, -0.25) is 4.79 Å². The van der Waals surface area contributed by atoms with Crippen LogP contribution in [0.25, 0.3) is 0 Å². The Balaban J connectivity index is 3.69. The van der Waals surface area contributed by atoms with E-state index in [1.165, 1.54) is 25.7 Å². The van der Waals surface area contributed by atoms with Crippen LogP contribution in [0.4, 0.5) is 0 Å². The van der Waals surface area contributed by atoms with Crippen molar-refractivity contribution >= 4 is 14.4 Å². The van der Waals surface area contributed by atoms with Crippen molar-refractivity contribution in [1.82, 2.24) is 0 Å².